The van der Waals surface area contributed by atoms with Crippen molar-refractivity contribution >= 4 is 77.5 Å². The maximum atomic E-state index is 14.4. The van der Waals surface area contributed by atoms with Crippen LogP contribution in [0, 0.1) is 0 Å². The average molecular weight is 1190 g/mol. The molecule has 10 atom stereocenters. The van der Waals surface area contributed by atoms with Gasteiger partial charge in [-0.3, -0.25) is 4.79 Å². The normalized spacial score (nSPS) is 25.8. The molecule has 5 rings (SSSR count). The molecule has 0 bridgehead atoms. The Morgan fingerprint density at radius 3 is 1.41 bits per heavy atom. The van der Waals surface area contributed by atoms with E-state index in [9.17, 15) is 4.79 Å². The lowest BCUT2D eigenvalue weighted by Gasteiger charge is -2.52. The highest BCUT2D eigenvalue weighted by Crippen LogP contribution is 2.41. The molecule has 2 fully saturated rings. The zero-order chi connectivity index (χ0) is 56.8. The van der Waals surface area contributed by atoms with Gasteiger partial charge in [-0.25, -0.2) is 0 Å². The Morgan fingerprint density at radius 2 is 0.920 bits per heavy atom. The minimum atomic E-state index is -2.38. The summed E-state index contributed by atoms with van der Waals surface area (Å²) >= 11 is 0. The molecule has 0 radical (unpaired) electrons. The molecule has 0 unspecified atom stereocenters. The Labute approximate surface area is 458 Å². The predicted molar refractivity (Wildman–Crippen MR) is 321 cm³/mol. The molecule has 3 heterocycles. The summed E-state index contributed by atoms with van der Waals surface area (Å²) in [7, 11) is -16.3. The highest BCUT2D eigenvalue weighted by Gasteiger charge is 2.55. The number of rotatable bonds is 23. The van der Waals surface area contributed by atoms with Crippen molar-refractivity contribution in [2.24, 2.45) is 0 Å². The van der Waals surface area contributed by atoms with Crippen LogP contribution in [0.25, 0.3) is 22.3 Å². The van der Waals surface area contributed by atoms with Gasteiger partial charge >= 0.3 is 0 Å². The van der Waals surface area contributed by atoms with Gasteiger partial charge in [0, 0.05) is 23.8 Å². The number of ether oxygens (including phenoxy) is 5. The third kappa shape index (κ3) is 19.8. The minimum absolute atomic E-state index is 0.0353. The minimum Gasteiger partial charge on any atom is -0.544 e. The van der Waals surface area contributed by atoms with Crippen LogP contribution in [0.2, 0.25) is 157 Å². The monoisotopic (exact) mass is 1180 g/mol. The van der Waals surface area contributed by atoms with E-state index in [1.165, 1.54) is 6.07 Å². The van der Waals surface area contributed by atoms with Gasteiger partial charge in [0.2, 0.25) is 22.9 Å². The van der Waals surface area contributed by atoms with Crippen molar-refractivity contribution in [2.45, 2.75) is 225 Å². The maximum absolute atomic E-state index is 14.4. The lowest BCUT2D eigenvalue weighted by molar-refractivity contribution is -0.309. The fourth-order valence-electron chi connectivity index (χ4n) is 8.90. The molecule has 0 aliphatic carbocycles. The Kier molecular flexibility index (Phi) is 20.3. The fourth-order valence-corrected chi connectivity index (χ4v) is 17.1. The van der Waals surface area contributed by atoms with E-state index in [1.54, 1.807) is 19.2 Å². The van der Waals surface area contributed by atoms with Crippen LogP contribution in [-0.4, -0.2) is 142 Å². The lowest BCUT2D eigenvalue weighted by Crippen LogP contribution is -2.68. The summed E-state index contributed by atoms with van der Waals surface area (Å²) in [4.78, 5) is 14.4. The molecule has 2 aromatic carbocycles. The lowest BCUT2D eigenvalue weighted by atomic mass is 9.98. The molecule has 2 aliphatic rings. The number of hydrogen-bond donors (Lipinski definition) is 0. The first-order valence-electron chi connectivity index (χ1n) is 26.7. The third-order valence-electron chi connectivity index (χ3n) is 11.0. The van der Waals surface area contributed by atoms with Crippen LogP contribution < -0.4 is 23.8 Å². The Morgan fingerprint density at radius 1 is 0.467 bits per heavy atom. The second-order valence-electron chi connectivity index (χ2n) is 27.9. The Hall–Kier alpha value is -1.77. The van der Waals surface area contributed by atoms with E-state index < -0.39 is 116 Å². The van der Waals surface area contributed by atoms with Crippen LogP contribution in [0.3, 0.4) is 0 Å². The first-order valence-corrected chi connectivity index (χ1v) is 54.0. The second-order valence-corrected chi connectivity index (χ2v) is 63.6. The van der Waals surface area contributed by atoms with Crippen molar-refractivity contribution in [3.05, 3.63) is 46.6 Å². The molecule has 2 aliphatic heterocycles. The number of methoxy groups -OCH3 is 1. The largest absolute Gasteiger partial charge is 0.544 e. The predicted octanol–water partition coefficient (Wildman–Crippen LogP) is 13.1. The van der Waals surface area contributed by atoms with E-state index in [2.05, 4.69) is 157 Å². The zero-order valence-corrected chi connectivity index (χ0v) is 58.6. The van der Waals surface area contributed by atoms with Gasteiger partial charge in [0.15, 0.2) is 67.4 Å². The van der Waals surface area contributed by atoms with E-state index in [-0.39, 0.29) is 29.8 Å². The molecular formula is C52H96O15Si8. The van der Waals surface area contributed by atoms with Gasteiger partial charge in [0.1, 0.15) is 70.6 Å². The molecule has 426 valence electrons. The molecule has 15 nitrogen and oxygen atoms in total. The summed E-state index contributed by atoms with van der Waals surface area (Å²) in [6, 6.07) is 10.5. The van der Waals surface area contributed by atoms with Crippen LogP contribution >= 0.6 is 0 Å². The summed E-state index contributed by atoms with van der Waals surface area (Å²) in [5.74, 6) is 2.22. The first kappa shape index (κ1) is 64.0. The van der Waals surface area contributed by atoms with E-state index in [4.69, 9.17) is 63.5 Å². The van der Waals surface area contributed by atoms with Crippen molar-refractivity contribution in [1.29, 1.82) is 0 Å². The summed E-state index contributed by atoms with van der Waals surface area (Å²) in [5.41, 5.74) is 0.667. The Bertz CT molecular complexity index is 2440. The topological polar surface area (TPSA) is 150 Å². The fraction of sp³-hybridized carbons (Fsp3) is 0.712. The van der Waals surface area contributed by atoms with Gasteiger partial charge in [0.25, 0.3) is 0 Å². The van der Waals surface area contributed by atoms with Crippen LogP contribution in [0.1, 0.15) is 6.92 Å². The smallest absolute Gasteiger partial charge is 0.242 e. The van der Waals surface area contributed by atoms with Gasteiger partial charge in [-0.05, 0) is 182 Å². The SMILES string of the molecule is COc1ccc(-c2cc(=O)c3c(O[Si](C)(C)C)cc(O[C@@H]4O[C@H](CO[C@@H]5O[C@@H](C)[C@H](O[Si](C)(C)C)[C@@H](O[Si](C)(C)C)[C@H]5O[Si](C)(C)C)[C@@H](O[Si](C)(C)C)[C@H](O[Si](C)(C)C)[C@H]4O[Si](C)(C)C)cc3o2)cc1O[Si](C)(C)C. The van der Waals surface area contributed by atoms with Crippen LogP contribution in [0.15, 0.2) is 45.6 Å². The summed E-state index contributed by atoms with van der Waals surface area (Å²) < 4.78 is 96.4. The molecular weight excluding hydrogens is 1090 g/mol. The van der Waals surface area contributed by atoms with E-state index >= 15 is 0 Å². The molecule has 0 spiro atoms. The van der Waals surface area contributed by atoms with Crippen molar-refractivity contribution in [2.75, 3.05) is 13.7 Å². The first-order chi connectivity index (χ1) is 33.9. The van der Waals surface area contributed by atoms with Crippen molar-refractivity contribution < 1.29 is 63.5 Å². The second kappa shape index (κ2) is 23.7. The quantitative estimate of drug-likeness (QED) is 0.0828. The van der Waals surface area contributed by atoms with Crippen LogP contribution in [0.5, 0.6) is 23.0 Å². The van der Waals surface area contributed by atoms with Crippen molar-refractivity contribution in [3.63, 3.8) is 0 Å². The molecule has 75 heavy (non-hydrogen) atoms. The highest BCUT2D eigenvalue weighted by atomic mass is 28.4. The number of hydrogen-bond acceptors (Lipinski definition) is 15. The highest BCUT2D eigenvalue weighted by molar-refractivity contribution is 6.72. The third-order valence-corrected chi connectivity index (χ3v) is 18.5. The van der Waals surface area contributed by atoms with Crippen molar-refractivity contribution in [3.8, 4) is 34.3 Å². The molecule has 3 aromatic rings. The molecule has 0 N–H and O–H groups in total. The number of benzene rings is 2. The van der Waals surface area contributed by atoms with Crippen LogP contribution in [-0.2, 0) is 40.8 Å². The molecule has 23 heteroatoms. The summed E-state index contributed by atoms with van der Waals surface area (Å²) in [5, 5.41) is 0.306. The van der Waals surface area contributed by atoms with E-state index in [0.717, 1.165) is 0 Å². The van der Waals surface area contributed by atoms with Gasteiger partial charge in [-0.2, -0.15) is 0 Å². The average Bonchev–Trinajstić information content (AvgIpc) is 3.18. The standard InChI is InChI=1S/C52H96O15Si8/c1-34-45(62-70(9,10)11)47(64-72(15,16)17)49(66-74(21,22)23)51(56-34)55-33-43-46(63-71(12,13)14)48(65-73(18,19)20)50(67-75(24,25)26)52(59-43)57-36-30-41-44(42(31-36)61-69(6,7)8)37(53)32-39(58-41)35-27-28-38(54-2)40(29-35)60-68(3,4)5/h27-32,34,43,45-52H,33H2,1-26H3/t34-,43+,45-,46+,47+,48-,49+,50+,51+,52+/m0/s1. The Balaban J connectivity index is 1.68. The molecule has 2 saturated heterocycles. The zero-order valence-electron chi connectivity index (χ0n) is 50.6. The maximum Gasteiger partial charge on any atom is 0.242 e. The van der Waals surface area contributed by atoms with Gasteiger partial charge in [-0.15, -0.1) is 0 Å². The molecule has 1 aromatic heterocycles. The van der Waals surface area contributed by atoms with Gasteiger partial charge in [-0.1, -0.05) is 0 Å². The summed E-state index contributed by atoms with van der Waals surface area (Å²) in [6.45, 7) is 53.6. The van der Waals surface area contributed by atoms with Gasteiger partial charge in [0.05, 0.1) is 25.9 Å². The molecule has 0 amide bonds. The summed E-state index contributed by atoms with van der Waals surface area (Å²) in [6.07, 6.45) is -6.40. The van der Waals surface area contributed by atoms with E-state index in [0.29, 0.717) is 39.7 Å². The van der Waals surface area contributed by atoms with Crippen molar-refractivity contribution in [1.82, 2.24) is 0 Å². The molecule has 0 saturated carbocycles. The van der Waals surface area contributed by atoms with Gasteiger partial charge < -0.3 is 63.5 Å². The van der Waals surface area contributed by atoms with Crippen LogP contribution in [0.4, 0.5) is 0 Å². The van der Waals surface area contributed by atoms with E-state index in [1.807, 2.05) is 25.1 Å². The number of fused-ring (bicyclic) bond motifs is 1.